The molecule has 1 heterocycles. The highest BCUT2D eigenvalue weighted by molar-refractivity contribution is 9.10. The van der Waals surface area contributed by atoms with Gasteiger partial charge in [0, 0.05) is 4.47 Å². The molecule has 1 aliphatic heterocycles. The van der Waals surface area contributed by atoms with Crippen LogP contribution in [-0.2, 0) is 5.54 Å². The summed E-state index contributed by atoms with van der Waals surface area (Å²) >= 11 is 3.44. The Labute approximate surface area is 130 Å². The highest BCUT2D eigenvalue weighted by Gasteiger charge is 2.40. The van der Waals surface area contributed by atoms with Crippen LogP contribution in [-0.4, -0.2) is 11.8 Å². The average Bonchev–Trinajstić information content (AvgIpc) is 2.50. The smallest absolute Gasteiger partial charge is 0.239 e. The van der Waals surface area contributed by atoms with Gasteiger partial charge in [0.15, 0.2) is 5.54 Å². The molecule has 0 fully saturated rings. The maximum Gasteiger partial charge on any atom is 0.239 e. The van der Waals surface area contributed by atoms with Crippen LogP contribution in [0.4, 0.5) is 0 Å². The number of amidine groups is 1. The lowest BCUT2D eigenvalue weighted by Crippen LogP contribution is -2.55. The van der Waals surface area contributed by atoms with Crippen molar-refractivity contribution in [2.45, 2.75) is 5.54 Å². The van der Waals surface area contributed by atoms with Crippen LogP contribution in [0.25, 0.3) is 0 Å². The Morgan fingerprint density at radius 3 is 2.14 bits per heavy atom. The second kappa shape index (κ2) is 5.21. The molecule has 106 valence electrons. The number of nitrogens with zero attached hydrogens (tertiary/aromatic N) is 2. The lowest BCUT2D eigenvalue weighted by Gasteiger charge is -2.35. The quantitative estimate of drug-likeness (QED) is 0.777. The largest absolute Gasteiger partial charge is 0.384 e. The summed E-state index contributed by atoms with van der Waals surface area (Å²) in [6.07, 6.45) is 0. The van der Waals surface area contributed by atoms with Crippen LogP contribution in [0.1, 0.15) is 11.1 Å². The second-order valence-electron chi connectivity index (χ2n) is 4.70. The molecule has 0 amide bonds. The summed E-state index contributed by atoms with van der Waals surface area (Å²) < 4.78 is 0.990. The minimum atomic E-state index is -0.815. The third-order valence-electron chi connectivity index (χ3n) is 3.44. The van der Waals surface area contributed by atoms with Crippen molar-refractivity contribution in [1.29, 1.82) is 0 Å². The highest BCUT2D eigenvalue weighted by Crippen LogP contribution is 2.32. The fourth-order valence-corrected chi connectivity index (χ4v) is 2.67. The molecule has 2 aromatic carbocycles. The van der Waals surface area contributed by atoms with Crippen molar-refractivity contribution in [1.82, 2.24) is 5.43 Å². The SMILES string of the molecule is NC1=NNC(c2ccccc2)(c2ccc(Br)cc2)C(N)=N1. The maximum absolute atomic E-state index is 6.22. The molecule has 5 nitrogen and oxygen atoms in total. The van der Waals surface area contributed by atoms with Gasteiger partial charge in [0.1, 0.15) is 5.84 Å². The first-order valence-corrected chi connectivity index (χ1v) is 7.19. The van der Waals surface area contributed by atoms with E-state index in [9.17, 15) is 0 Å². The molecule has 6 heteroatoms. The van der Waals surface area contributed by atoms with Gasteiger partial charge in [-0.1, -0.05) is 58.4 Å². The molecule has 0 saturated heterocycles. The van der Waals surface area contributed by atoms with E-state index in [0.29, 0.717) is 5.84 Å². The van der Waals surface area contributed by atoms with Gasteiger partial charge in [-0.2, -0.15) is 4.99 Å². The Hall–Kier alpha value is -2.34. The van der Waals surface area contributed by atoms with E-state index in [0.717, 1.165) is 15.6 Å². The van der Waals surface area contributed by atoms with Crippen molar-refractivity contribution in [3.8, 4) is 0 Å². The van der Waals surface area contributed by atoms with Crippen molar-refractivity contribution in [2.75, 3.05) is 0 Å². The third-order valence-corrected chi connectivity index (χ3v) is 3.97. The first-order valence-electron chi connectivity index (χ1n) is 6.39. The number of rotatable bonds is 2. The highest BCUT2D eigenvalue weighted by atomic mass is 79.9. The molecule has 21 heavy (non-hydrogen) atoms. The molecule has 0 aromatic heterocycles. The summed E-state index contributed by atoms with van der Waals surface area (Å²) in [6, 6.07) is 17.7. The van der Waals surface area contributed by atoms with Gasteiger partial charge in [-0.3, -0.25) is 5.43 Å². The first-order chi connectivity index (χ1) is 10.1. The number of benzene rings is 2. The summed E-state index contributed by atoms with van der Waals surface area (Å²) in [6.45, 7) is 0. The van der Waals surface area contributed by atoms with E-state index in [2.05, 4.69) is 31.4 Å². The van der Waals surface area contributed by atoms with Crippen molar-refractivity contribution in [3.63, 3.8) is 0 Å². The van der Waals surface area contributed by atoms with Gasteiger partial charge >= 0.3 is 0 Å². The summed E-state index contributed by atoms with van der Waals surface area (Å²) in [5, 5.41) is 4.07. The standard InChI is InChI=1S/C15H14BrN5/c16-12-8-6-11(7-9-12)15(10-4-2-1-3-5-10)13(17)19-14(18)20-21-15/h1-9,21H,(H4,17,18,19,20). The van der Waals surface area contributed by atoms with Gasteiger partial charge < -0.3 is 11.5 Å². The van der Waals surface area contributed by atoms with Crippen LogP contribution in [0.2, 0.25) is 0 Å². The topological polar surface area (TPSA) is 88.8 Å². The zero-order valence-corrected chi connectivity index (χ0v) is 12.7. The van der Waals surface area contributed by atoms with Crippen LogP contribution in [0.3, 0.4) is 0 Å². The lowest BCUT2D eigenvalue weighted by molar-refractivity contribution is 0.529. The monoisotopic (exact) mass is 343 g/mol. The molecule has 0 spiro atoms. The minimum Gasteiger partial charge on any atom is -0.384 e. The predicted octanol–water partition coefficient (Wildman–Crippen LogP) is 1.88. The lowest BCUT2D eigenvalue weighted by atomic mass is 9.82. The average molecular weight is 344 g/mol. The van der Waals surface area contributed by atoms with Gasteiger partial charge in [-0.05, 0) is 23.3 Å². The Bertz CT molecular complexity index is 709. The Morgan fingerprint density at radius 2 is 1.52 bits per heavy atom. The number of guanidine groups is 1. The molecule has 3 rings (SSSR count). The van der Waals surface area contributed by atoms with Crippen molar-refractivity contribution in [3.05, 3.63) is 70.2 Å². The summed E-state index contributed by atoms with van der Waals surface area (Å²) in [7, 11) is 0. The molecule has 5 N–H and O–H groups in total. The van der Waals surface area contributed by atoms with E-state index >= 15 is 0 Å². The number of nitrogens with one attached hydrogen (secondary N) is 1. The molecular formula is C15H14BrN5. The van der Waals surface area contributed by atoms with E-state index in [1.54, 1.807) is 0 Å². The Kier molecular flexibility index (Phi) is 3.39. The minimum absolute atomic E-state index is 0.121. The Balaban J connectivity index is 2.22. The zero-order valence-electron chi connectivity index (χ0n) is 11.1. The van der Waals surface area contributed by atoms with Crippen molar-refractivity contribution in [2.24, 2.45) is 21.6 Å². The number of hydrogen-bond acceptors (Lipinski definition) is 5. The van der Waals surface area contributed by atoms with Crippen LogP contribution >= 0.6 is 15.9 Å². The molecule has 1 unspecified atom stereocenters. The van der Waals surface area contributed by atoms with Crippen LogP contribution in [0, 0.1) is 0 Å². The Morgan fingerprint density at radius 1 is 0.905 bits per heavy atom. The molecular weight excluding hydrogens is 330 g/mol. The second-order valence-corrected chi connectivity index (χ2v) is 5.62. The summed E-state index contributed by atoms with van der Waals surface area (Å²) in [4.78, 5) is 4.16. The van der Waals surface area contributed by atoms with Crippen molar-refractivity contribution >= 4 is 27.7 Å². The number of hydrogen-bond donors (Lipinski definition) is 3. The number of hydrazone groups is 1. The van der Waals surface area contributed by atoms with Gasteiger partial charge in [0.25, 0.3) is 0 Å². The van der Waals surface area contributed by atoms with E-state index in [4.69, 9.17) is 11.5 Å². The number of aliphatic imine (C=N–C) groups is 1. The maximum atomic E-state index is 6.22. The van der Waals surface area contributed by atoms with Gasteiger partial charge in [-0.15, -0.1) is 5.10 Å². The van der Waals surface area contributed by atoms with Crippen LogP contribution in [0.5, 0.6) is 0 Å². The first kappa shape index (κ1) is 13.6. The normalized spacial score (nSPS) is 21.2. The van der Waals surface area contributed by atoms with E-state index < -0.39 is 5.54 Å². The van der Waals surface area contributed by atoms with E-state index in [1.807, 2.05) is 54.6 Å². The van der Waals surface area contributed by atoms with Gasteiger partial charge in [-0.25, -0.2) is 0 Å². The van der Waals surface area contributed by atoms with Gasteiger partial charge in [0.2, 0.25) is 5.96 Å². The van der Waals surface area contributed by atoms with Gasteiger partial charge in [0.05, 0.1) is 0 Å². The predicted molar refractivity (Wildman–Crippen MR) is 87.7 cm³/mol. The summed E-state index contributed by atoms with van der Waals surface area (Å²) in [5.74, 6) is 0.486. The molecule has 0 radical (unpaired) electrons. The molecule has 1 aliphatic rings. The molecule has 2 aromatic rings. The summed E-state index contributed by atoms with van der Waals surface area (Å²) in [5.41, 5.74) is 16.0. The fourth-order valence-electron chi connectivity index (χ4n) is 2.41. The molecule has 1 atom stereocenters. The van der Waals surface area contributed by atoms with E-state index in [-0.39, 0.29) is 5.96 Å². The van der Waals surface area contributed by atoms with Crippen LogP contribution in [0.15, 0.2) is 69.2 Å². The number of nitrogens with two attached hydrogens (primary N) is 2. The molecule has 0 aliphatic carbocycles. The fraction of sp³-hybridized carbons (Fsp3) is 0.0667. The molecule has 0 saturated carbocycles. The molecule has 0 bridgehead atoms. The van der Waals surface area contributed by atoms with E-state index in [1.165, 1.54) is 0 Å². The van der Waals surface area contributed by atoms with Crippen LogP contribution < -0.4 is 16.9 Å². The third kappa shape index (κ3) is 2.27. The van der Waals surface area contributed by atoms with Crippen molar-refractivity contribution < 1.29 is 0 Å². The number of halogens is 1. The zero-order chi connectivity index (χ0) is 14.9.